The van der Waals surface area contributed by atoms with Crippen molar-refractivity contribution in [3.8, 4) is 0 Å². The number of fused-ring (bicyclic) bond motifs is 1. The highest BCUT2D eigenvalue weighted by Crippen LogP contribution is 2.52. The molecule has 1 aliphatic heterocycles. The van der Waals surface area contributed by atoms with Gasteiger partial charge in [-0.15, -0.1) is 24.0 Å². The molecule has 0 spiro atoms. The number of nitrogens with zero attached hydrogens (tertiary/aromatic N) is 1. The van der Waals surface area contributed by atoms with Gasteiger partial charge in [-0.3, -0.25) is 4.99 Å². The van der Waals surface area contributed by atoms with Gasteiger partial charge in [-0.2, -0.15) is 0 Å². The van der Waals surface area contributed by atoms with Crippen molar-refractivity contribution in [1.82, 2.24) is 10.6 Å². The maximum Gasteiger partial charge on any atom is 0.191 e. The number of hydrogen-bond donors (Lipinski definition) is 2. The fraction of sp³-hybridized carbons (Fsp3) is 0.762. The number of hydrogen-bond acceptors (Lipinski definition) is 3. The maximum absolute atomic E-state index is 5.95. The highest BCUT2D eigenvalue weighted by Gasteiger charge is 2.59. The van der Waals surface area contributed by atoms with E-state index in [1.165, 1.54) is 32.1 Å². The van der Waals surface area contributed by atoms with Crippen LogP contribution in [0.5, 0.6) is 0 Å². The number of furan rings is 1. The summed E-state index contributed by atoms with van der Waals surface area (Å²) < 4.78 is 11.4. The van der Waals surface area contributed by atoms with Crippen LogP contribution in [0.1, 0.15) is 58.1 Å². The van der Waals surface area contributed by atoms with E-state index < -0.39 is 0 Å². The number of aliphatic imine (C=N–C) groups is 1. The van der Waals surface area contributed by atoms with Gasteiger partial charge in [0.25, 0.3) is 0 Å². The van der Waals surface area contributed by atoms with Crippen molar-refractivity contribution in [1.29, 1.82) is 0 Å². The summed E-state index contributed by atoms with van der Waals surface area (Å²) in [6.45, 7) is 6.28. The highest BCUT2D eigenvalue weighted by atomic mass is 127. The normalized spacial score (nSPS) is 30.1. The van der Waals surface area contributed by atoms with Crippen LogP contribution in [-0.4, -0.2) is 37.3 Å². The zero-order chi connectivity index (χ0) is 18.0. The van der Waals surface area contributed by atoms with Gasteiger partial charge in [0.1, 0.15) is 5.76 Å². The summed E-state index contributed by atoms with van der Waals surface area (Å²) in [6.07, 6.45) is 10.7. The third-order valence-electron chi connectivity index (χ3n) is 6.55. The van der Waals surface area contributed by atoms with Crippen molar-refractivity contribution < 1.29 is 9.15 Å². The maximum atomic E-state index is 5.95. The molecule has 4 rings (SSSR count). The lowest BCUT2D eigenvalue weighted by molar-refractivity contribution is -0.106. The Morgan fingerprint density at radius 3 is 2.74 bits per heavy atom. The van der Waals surface area contributed by atoms with Crippen molar-refractivity contribution >= 4 is 29.9 Å². The fourth-order valence-electron chi connectivity index (χ4n) is 5.07. The number of nitrogens with one attached hydrogen (secondary N) is 2. The fourth-order valence-corrected chi connectivity index (χ4v) is 5.07. The van der Waals surface area contributed by atoms with E-state index in [0.29, 0.717) is 24.1 Å². The van der Waals surface area contributed by atoms with Crippen molar-refractivity contribution in [3.05, 3.63) is 24.2 Å². The van der Waals surface area contributed by atoms with Gasteiger partial charge >= 0.3 is 0 Å². The average Bonchev–Trinajstić information content (AvgIpc) is 3.31. The number of halogens is 1. The molecule has 27 heavy (non-hydrogen) atoms. The van der Waals surface area contributed by atoms with Crippen LogP contribution in [0.3, 0.4) is 0 Å². The molecule has 3 fully saturated rings. The van der Waals surface area contributed by atoms with Crippen LogP contribution in [-0.2, 0) is 11.2 Å². The molecule has 5 nitrogen and oxygen atoms in total. The molecular weight excluding hydrogens is 453 g/mol. The van der Waals surface area contributed by atoms with E-state index in [1.807, 2.05) is 12.1 Å². The third kappa shape index (κ3) is 4.63. The second kappa shape index (κ2) is 9.16. The Balaban J connectivity index is 0.00000210. The van der Waals surface area contributed by atoms with E-state index in [9.17, 15) is 0 Å². The minimum absolute atomic E-state index is 0. The number of ether oxygens (including phenoxy) is 1. The molecule has 3 atom stereocenters. The van der Waals surface area contributed by atoms with Gasteiger partial charge in [0.15, 0.2) is 5.96 Å². The molecule has 0 aromatic carbocycles. The molecule has 0 amide bonds. The van der Waals surface area contributed by atoms with Crippen molar-refractivity contribution in [2.75, 3.05) is 13.2 Å². The quantitative estimate of drug-likeness (QED) is 0.373. The topological polar surface area (TPSA) is 58.8 Å². The average molecular weight is 487 g/mol. The molecule has 152 valence electrons. The lowest BCUT2D eigenvalue weighted by atomic mass is 9.57. The van der Waals surface area contributed by atoms with Crippen molar-refractivity contribution in [3.63, 3.8) is 0 Å². The zero-order valence-corrected chi connectivity index (χ0v) is 18.9. The first-order valence-electron chi connectivity index (χ1n) is 10.4. The summed E-state index contributed by atoms with van der Waals surface area (Å²) in [5.41, 5.74) is 0.164. The number of guanidine groups is 1. The first-order chi connectivity index (χ1) is 12.6. The first kappa shape index (κ1) is 21.0. The molecule has 0 bridgehead atoms. The Kier molecular flexibility index (Phi) is 7.11. The van der Waals surface area contributed by atoms with E-state index in [4.69, 9.17) is 14.1 Å². The number of rotatable bonds is 5. The Labute approximate surface area is 180 Å². The van der Waals surface area contributed by atoms with Crippen LogP contribution in [0.15, 0.2) is 27.8 Å². The van der Waals surface area contributed by atoms with E-state index in [0.717, 1.165) is 37.7 Å². The Morgan fingerprint density at radius 1 is 1.19 bits per heavy atom. The van der Waals surface area contributed by atoms with Crippen LogP contribution in [0.4, 0.5) is 0 Å². The Bertz CT molecular complexity index is 611. The van der Waals surface area contributed by atoms with E-state index in [2.05, 4.69) is 24.5 Å². The largest absolute Gasteiger partial charge is 0.469 e. The Morgan fingerprint density at radius 2 is 2.00 bits per heavy atom. The van der Waals surface area contributed by atoms with Crippen LogP contribution in [0.25, 0.3) is 0 Å². The molecule has 2 heterocycles. The van der Waals surface area contributed by atoms with Gasteiger partial charge in [-0.1, -0.05) is 33.1 Å². The summed E-state index contributed by atoms with van der Waals surface area (Å²) in [5, 5.41) is 7.49. The second-order valence-corrected chi connectivity index (χ2v) is 8.73. The zero-order valence-electron chi connectivity index (χ0n) is 16.6. The summed E-state index contributed by atoms with van der Waals surface area (Å²) >= 11 is 0. The molecule has 3 aliphatic rings. The highest BCUT2D eigenvalue weighted by molar-refractivity contribution is 14.0. The molecule has 1 saturated heterocycles. The predicted octanol–water partition coefficient (Wildman–Crippen LogP) is 4.12. The lowest BCUT2D eigenvalue weighted by Crippen LogP contribution is -2.68. The van der Waals surface area contributed by atoms with Gasteiger partial charge in [0, 0.05) is 43.0 Å². The van der Waals surface area contributed by atoms with Crippen LogP contribution in [0, 0.1) is 11.3 Å². The van der Waals surface area contributed by atoms with Gasteiger partial charge < -0.3 is 19.8 Å². The lowest BCUT2D eigenvalue weighted by Gasteiger charge is -2.55. The summed E-state index contributed by atoms with van der Waals surface area (Å²) in [6, 6.07) is 4.95. The summed E-state index contributed by atoms with van der Waals surface area (Å²) in [5.74, 6) is 2.60. The smallest absolute Gasteiger partial charge is 0.191 e. The summed E-state index contributed by atoms with van der Waals surface area (Å²) in [7, 11) is 0. The van der Waals surface area contributed by atoms with Crippen LogP contribution < -0.4 is 10.6 Å². The molecule has 1 aromatic heterocycles. The minimum Gasteiger partial charge on any atom is -0.469 e. The van der Waals surface area contributed by atoms with Gasteiger partial charge in [0.05, 0.1) is 12.4 Å². The van der Waals surface area contributed by atoms with E-state index in [1.54, 1.807) is 6.26 Å². The monoisotopic (exact) mass is 487 g/mol. The molecule has 1 aromatic rings. The van der Waals surface area contributed by atoms with E-state index in [-0.39, 0.29) is 29.4 Å². The third-order valence-corrected chi connectivity index (χ3v) is 6.55. The predicted molar refractivity (Wildman–Crippen MR) is 119 cm³/mol. The molecule has 6 heteroatoms. The molecule has 2 N–H and O–H groups in total. The first-order valence-corrected chi connectivity index (χ1v) is 10.4. The summed E-state index contributed by atoms with van der Waals surface area (Å²) in [4.78, 5) is 4.89. The van der Waals surface area contributed by atoms with Crippen LogP contribution in [0.2, 0.25) is 0 Å². The van der Waals surface area contributed by atoms with Crippen molar-refractivity contribution in [2.45, 2.75) is 77.0 Å². The Hall–Kier alpha value is -0.760. The molecule has 2 aliphatic carbocycles. The molecule has 3 unspecified atom stereocenters. The molecule has 2 saturated carbocycles. The van der Waals surface area contributed by atoms with Crippen molar-refractivity contribution in [2.24, 2.45) is 16.3 Å². The second-order valence-electron chi connectivity index (χ2n) is 8.73. The van der Waals surface area contributed by atoms with Gasteiger partial charge in [-0.25, -0.2) is 0 Å². The van der Waals surface area contributed by atoms with Gasteiger partial charge in [0.2, 0.25) is 0 Å². The molecule has 0 radical (unpaired) electrons. The van der Waals surface area contributed by atoms with E-state index >= 15 is 0 Å². The standard InChI is InChI=1S/C21H33N3O2.HI/c1-21(2)18(17-11-14-26-19(17)21)24-20(23-15-7-4-3-5-8-15)22-12-10-16-9-6-13-25-16;/h6,9,13,15,17-19H,3-5,7-8,10-12,14H2,1-2H3,(H2,22,23,24);1H. The molecular formula is C21H34IN3O2. The SMILES string of the molecule is CC1(C)C(NC(=NCCc2ccco2)NC2CCCCC2)C2CCOC21.I. The van der Waals surface area contributed by atoms with Crippen LogP contribution >= 0.6 is 24.0 Å². The minimum atomic E-state index is 0. The van der Waals surface area contributed by atoms with Gasteiger partial charge in [-0.05, 0) is 31.4 Å².